The molecule has 0 saturated carbocycles. The summed E-state index contributed by atoms with van der Waals surface area (Å²) in [4.78, 5) is 29.2. The Morgan fingerprint density at radius 2 is 1.74 bits per heavy atom. The van der Waals surface area contributed by atoms with Crippen molar-refractivity contribution in [1.82, 2.24) is 14.8 Å². The van der Waals surface area contributed by atoms with Crippen molar-refractivity contribution in [3.63, 3.8) is 0 Å². The van der Waals surface area contributed by atoms with E-state index in [2.05, 4.69) is 50.4 Å². The zero-order valence-corrected chi connectivity index (χ0v) is 26.5. The zero-order valence-electron chi connectivity index (χ0n) is 24.3. The monoisotopic (exact) mass is 682 g/mol. The number of nitrogens with zero attached hydrogens (tertiary/aromatic N) is 3. The number of pyridine rings is 1. The Labute approximate surface area is 259 Å². The van der Waals surface area contributed by atoms with Crippen molar-refractivity contribution in [2.24, 2.45) is 0 Å². The van der Waals surface area contributed by atoms with Gasteiger partial charge in [0.25, 0.3) is 5.91 Å². The van der Waals surface area contributed by atoms with Crippen LogP contribution in [0.4, 0.5) is 22.1 Å². The lowest BCUT2D eigenvalue weighted by Gasteiger charge is -2.16. The highest BCUT2D eigenvalue weighted by Gasteiger charge is 2.18. The van der Waals surface area contributed by atoms with Crippen molar-refractivity contribution >= 4 is 51.9 Å². The molecule has 4 rings (SSSR count). The molecular weight excluding hydrogens is 647 g/mol. The van der Waals surface area contributed by atoms with Crippen LogP contribution in [0.1, 0.15) is 46.1 Å². The van der Waals surface area contributed by atoms with Gasteiger partial charge < -0.3 is 20.1 Å². The van der Waals surface area contributed by atoms with Gasteiger partial charge >= 0.3 is 6.03 Å². The smallest absolute Gasteiger partial charge is 0.324 e. The number of aryl methyl sites for hydroxylation is 1. The highest BCUT2D eigenvalue weighted by molar-refractivity contribution is 14.1. The Morgan fingerprint density at radius 3 is 2.45 bits per heavy atom. The summed E-state index contributed by atoms with van der Waals surface area (Å²) < 4.78 is 12.9. The molecule has 4 aromatic rings. The third kappa shape index (κ3) is 7.85. The molecule has 1 atom stereocenters. The van der Waals surface area contributed by atoms with E-state index in [0.29, 0.717) is 28.8 Å². The zero-order chi connectivity index (χ0) is 30.2. The number of aromatic nitrogens is 3. The second kappa shape index (κ2) is 14.3. The average molecular weight is 683 g/mol. The number of ether oxygens (including phenoxy) is 2. The number of urea groups is 1. The Balaban J connectivity index is 1.50. The molecule has 0 fully saturated rings. The van der Waals surface area contributed by atoms with Crippen LogP contribution in [0.25, 0.3) is 5.69 Å². The van der Waals surface area contributed by atoms with Crippen LogP contribution in [-0.2, 0) is 9.53 Å². The molecule has 42 heavy (non-hydrogen) atoms. The van der Waals surface area contributed by atoms with Crippen LogP contribution < -0.4 is 20.7 Å². The fourth-order valence-corrected chi connectivity index (χ4v) is 5.14. The Hall–Kier alpha value is -3.97. The van der Waals surface area contributed by atoms with Gasteiger partial charge in [0.15, 0.2) is 0 Å². The maximum absolute atomic E-state index is 13.2. The van der Waals surface area contributed by atoms with Gasteiger partial charge in [0, 0.05) is 31.1 Å². The summed E-state index contributed by atoms with van der Waals surface area (Å²) in [5, 5.41) is 13.4. The number of rotatable bonds is 11. The molecule has 0 aliphatic rings. The molecular formula is C31H35IN6O4. The molecule has 0 bridgehead atoms. The maximum Gasteiger partial charge on any atom is 0.324 e. The number of alkyl halides is 1. The van der Waals surface area contributed by atoms with Gasteiger partial charge in [-0.25, -0.2) is 14.5 Å². The standard InChI is InChI=1S/C31H35IN6O4/c1-6-7-24(32)26-17-29(38(37-26)22-10-8-19(2)9-11-22)36-31(40)34-25-12-13-27(21(4)20(25)3)42-23-14-15-33-28(16-23)35-30(39)18-41-5/h8-17,24H,6-7,18H2,1-5H3,(H,33,35,39)(H2,34,36,40). The van der Waals surface area contributed by atoms with E-state index in [4.69, 9.17) is 14.6 Å². The first-order valence-electron chi connectivity index (χ1n) is 13.6. The molecule has 0 aliphatic carbocycles. The molecule has 0 radical (unpaired) electrons. The topological polar surface area (TPSA) is 119 Å². The minimum absolute atomic E-state index is 0.0692. The Morgan fingerprint density at radius 1 is 0.976 bits per heavy atom. The summed E-state index contributed by atoms with van der Waals surface area (Å²) in [6.45, 7) is 7.95. The molecule has 0 spiro atoms. The molecule has 10 nitrogen and oxygen atoms in total. The van der Waals surface area contributed by atoms with E-state index in [0.717, 1.165) is 40.9 Å². The van der Waals surface area contributed by atoms with Crippen LogP contribution in [0.5, 0.6) is 11.5 Å². The molecule has 2 heterocycles. The van der Waals surface area contributed by atoms with Gasteiger partial charge in [0.2, 0.25) is 0 Å². The van der Waals surface area contributed by atoms with Crippen LogP contribution in [-0.4, -0.2) is 40.4 Å². The summed E-state index contributed by atoms with van der Waals surface area (Å²) in [6.07, 6.45) is 3.59. The molecule has 3 N–H and O–H groups in total. The van der Waals surface area contributed by atoms with Crippen LogP contribution >= 0.6 is 22.6 Å². The van der Waals surface area contributed by atoms with E-state index in [9.17, 15) is 9.59 Å². The third-order valence-corrected chi connectivity index (χ3v) is 7.86. The molecule has 3 amide bonds. The van der Waals surface area contributed by atoms with E-state index >= 15 is 0 Å². The number of anilines is 3. The quantitative estimate of drug-likeness (QED) is 0.111. The number of amides is 3. The van der Waals surface area contributed by atoms with Crippen molar-refractivity contribution in [3.05, 3.63) is 83.2 Å². The number of halogens is 1. The Bertz CT molecular complexity index is 1550. The van der Waals surface area contributed by atoms with Crippen molar-refractivity contribution < 1.29 is 19.1 Å². The average Bonchev–Trinajstić information content (AvgIpc) is 3.37. The van der Waals surface area contributed by atoms with Crippen LogP contribution in [0.15, 0.2) is 60.8 Å². The number of nitrogens with one attached hydrogen (secondary N) is 3. The molecule has 1 unspecified atom stereocenters. The number of carbonyl (C=O) groups excluding carboxylic acids is 2. The van der Waals surface area contributed by atoms with Crippen molar-refractivity contribution in [2.45, 2.75) is 44.5 Å². The summed E-state index contributed by atoms with van der Waals surface area (Å²) in [6, 6.07) is 16.5. The van der Waals surface area contributed by atoms with Gasteiger partial charge in [-0.05, 0) is 68.7 Å². The van der Waals surface area contributed by atoms with Crippen LogP contribution in [0.2, 0.25) is 0 Å². The highest BCUT2D eigenvalue weighted by Crippen LogP contribution is 2.33. The molecule has 0 aliphatic heterocycles. The minimum Gasteiger partial charge on any atom is -0.457 e. The molecule has 11 heteroatoms. The van der Waals surface area contributed by atoms with E-state index in [1.807, 2.05) is 51.1 Å². The normalized spacial score (nSPS) is 11.6. The molecule has 0 saturated heterocycles. The molecule has 2 aromatic heterocycles. The number of hydrogen-bond acceptors (Lipinski definition) is 6. The SMILES string of the molecule is CCCC(I)c1cc(NC(=O)Nc2ccc(Oc3ccnc(NC(=O)COC)c3)c(C)c2C)n(-c2ccc(C)cc2)n1. The lowest BCUT2D eigenvalue weighted by Crippen LogP contribution is -2.22. The summed E-state index contributed by atoms with van der Waals surface area (Å²) >= 11 is 2.40. The fourth-order valence-electron chi connectivity index (χ4n) is 4.22. The lowest BCUT2D eigenvalue weighted by atomic mass is 10.1. The van der Waals surface area contributed by atoms with E-state index in [1.54, 1.807) is 35.1 Å². The minimum atomic E-state index is -0.378. The van der Waals surface area contributed by atoms with Crippen LogP contribution in [0.3, 0.4) is 0 Å². The lowest BCUT2D eigenvalue weighted by molar-refractivity contribution is -0.119. The predicted molar refractivity (Wildman–Crippen MR) is 173 cm³/mol. The number of hydrogen-bond donors (Lipinski definition) is 3. The third-order valence-electron chi connectivity index (χ3n) is 6.60. The number of carbonyl (C=O) groups is 2. The number of benzene rings is 2. The van der Waals surface area contributed by atoms with Gasteiger partial charge in [-0.1, -0.05) is 53.6 Å². The second-order valence-corrected chi connectivity index (χ2v) is 11.4. The molecule has 2 aromatic carbocycles. The van der Waals surface area contributed by atoms with Gasteiger partial charge in [-0.3, -0.25) is 10.1 Å². The van der Waals surface area contributed by atoms with E-state index in [-0.39, 0.29) is 22.5 Å². The first-order valence-corrected chi connectivity index (χ1v) is 14.8. The fraction of sp³-hybridized carbons (Fsp3) is 0.290. The number of methoxy groups -OCH3 is 1. The van der Waals surface area contributed by atoms with Crippen LogP contribution in [0, 0.1) is 20.8 Å². The first kappa shape index (κ1) is 31.0. The van der Waals surface area contributed by atoms with E-state index in [1.165, 1.54) is 7.11 Å². The van der Waals surface area contributed by atoms with Gasteiger partial charge in [-0.2, -0.15) is 5.10 Å². The Kier molecular flexibility index (Phi) is 10.5. The van der Waals surface area contributed by atoms with Gasteiger partial charge in [-0.15, -0.1) is 0 Å². The van der Waals surface area contributed by atoms with Crippen molar-refractivity contribution in [2.75, 3.05) is 29.7 Å². The second-order valence-electron chi connectivity index (χ2n) is 9.86. The summed E-state index contributed by atoms with van der Waals surface area (Å²) in [7, 11) is 1.45. The maximum atomic E-state index is 13.2. The first-order chi connectivity index (χ1) is 20.2. The van der Waals surface area contributed by atoms with Crippen molar-refractivity contribution in [1.29, 1.82) is 0 Å². The van der Waals surface area contributed by atoms with Gasteiger partial charge in [0.1, 0.15) is 29.7 Å². The molecule has 220 valence electrons. The van der Waals surface area contributed by atoms with Gasteiger partial charge in [0.05, 0.1) is 15.3 Å². The highest BCUT2D eigenvalue weighted by atomic mass is 127. The van der Waals surface area contributed by atoms with E-state index < -0.39 is 0 Å². The predicted octanol–water partition coefficient (Wildman–Crippen LogP) is 7.49. The summed E-state index contributed by atoms with van der Waals surface area (Å²) in [5.74, 6) is 1.76. The largest absolute Gasteiger partial charge is 0.457 e. The van der Waals surface area contributed by atoms with Crippen molar-refractivity contribution in [3.8, 4) is 17.2 Å². The summed E-state index contributed by atoms with van der Waals surface area (Å²) in [5.41, 5.74) is 5.29.